The number of aryl methyl sites for hydroxylation is 2. The number of ether oxygens (including phenoxy) is 1. The summed E-state index contributed by atoms with van der Waals surface area (Å²) in [4.78, 5) is 11.5. The number of carbonyl (C=O) groups excluding carboxylic acids is 1. The monoisotopic (exact) mass is 411 g/mol. The summed E-state index contributed by atoms with van der Waals surface area (Å²) < 4.78 is 10.2. The van der Waals surface area contributed by atoms with Gasteiger partial charge in [0.05, 0.1) is 28.7 Å². The Morgan fingerprint density at radius 2 is 2.00 bits per heavy atom. The van der Waals surface area contributed by atoms with Gasteiger partial charge < -0.3 is 10.1 Å². The highest BCUT2D eigenvalue weighted by Crippen LogP contribution is 2.35. The Hall–Kier alpha value is -2.83. The second-order valence-electron chi connectivity index (χ2n) is 8.84. The summed E-state index contributed by atoms with van der Waals surface area (Å²) in [5.41, 5.74) is 3.93. The first-order chi connectivity index (χ1) is 14.1. The van der Waals surface area contributed by atoms with E-state index in [9.17, 15) is 4.79 Å². The topological polar surface area (TPSA) is 74.0 Å². The van der Waals surface area contributed by atoms with Gasteiger partial charge in [0.15, 0.2) is 0 Å². The Bertz CT molecular complexity index is 1040. The molecule has 0 aliphatic rings. The molecule has 0 spiro atoms. The zero-order valence-electron chi connectivity index (χ0n) is 19.1. The van der Waals surface area contributed by atoms with Crippen molar-refractivity contribution in [2.75, 3.05) is 6.54 Å². The third-order valence-corrected chi connectivity index (χ3v) is 5.31. The molecule has 1 atom stereocenters. The lowest BCUT2D eigenvalue weighted by molar-refractivity contribution is -0.120. The molecule has 0 aliphatic heterocycles. The molecule has 2 aromatic heterocycles. The number of aromatic nitrogens is 4. The molecule has 0 fully saturated rings. The minimum atomic E-state index is -0.0826. The fourth-order valence-corrected chi connectivity index (χ4v) is 3.36. The van der Waals surface area contributed by atoms with Gasteiger partial charge >= 0.3 is 0 Å². The van der Waals surface area contributed by atoms with E-state index >= 15 is 0 Å². The fraction of sp³-hybridized carbons (Fsp3) is 0.522. The number of hydrogen-bond acceptors (Lipinski definition) is 4. The molecule has 0 bridgehead atoms. The quantitative estimate of drug-likeness (QED) is 0.633. The first-order valence-corrected chi connectivity index (χ1v) is 10.6. The van der Waals surface area contributed by atoms with Gasteiger partial charge in [0.25, 0.3) is 0 Å². The van der Waals surface area contributed by atoms with E-state index in [0.717, 1.165) is 39.9 Å². The van der Waals surface area contributed by atoms with Gasteiger partial charge in [0.2, 0.25) is 5.91 Å². The summed E-state index contributed by atoms with van der Waals surface area (Å²) in [7, 11) is 1.94. The minimum Gasteiger partial charge on any atom is -0.490 e. The molecule has 1 N–H and O–H groups in total. The van der Waals surface area contributed by atoms with Crippen LogP contribution in [-0.2, 0) is 17.4 Å². The number of rotatable bonds is 7. The summed E-state index contributed by atoms with van der Waals surface area (Å²) in [6.45, 7) is 12.9. The Balaban J connectivity index is 1.92. The number of nitrogens with zero attached hydrogens (tertiary/aromatic N) is 4. The van der Waals surface area contributed by atoms with Crippen LogP contribution >= 0.6 is 0 Å². The van der Waals surface area contributed by atoms with Crippen LogP contribution in [0.25, 0.3) is 22.0 Å². The minimum absolute atomic E-state index is 0.0440. The number of carbonyl (C=O) groups is 1. The highest BCUT2D eigenvalue weighted by molar-refractivity contribution is 5.92. The van der Waals surface area contributed by atoms with E-state index in [4.69, 9.17) is 4.74 Å². The van der Waals surface area contributed by atoms with Gasteiger partial charge in [-0.15, -0.1) is 0 Å². The van der Waals surface area contributed by atoms with E-state index in [1.54, 1.807) is 0 Å². The highest BCUT2D eigenvalue weighted by atomic mass is 16.5. The summed E-state index contributed by atoms with van der Waals surface area (Å²) >= 11 is 0. The fourth-order valence-electron chi connectivity index (χ4n) is 3.36. The van der Waals surface area contributed by atoms with Crippen molar-refractivity contribution >= 4 is 16.8 Å². The lowest BCUT2D eigenvalue weighted by Crippen LogP contribution is -2.27. The van der Waals surface area contributed by atoms with Gasteiger partial charge in [0.1, 0.15) is 5.75 Å². The summed E-state index contributed by atoms with van der Waals surface area (Å²) in [6.07, 6.45) is 5.13. The third-order valence-electron chi connectivity index (χ3n) is 5.31. The number of fused-ring (bicyclic) bond motifs is 1. The maximum atomic E-state index is 11.5. The second kappa shape index (κ2) is 8.50. The molecule has 1 aromatic carbocycles. The molecule has 30 heavy (non-hydrogen) atoms. The molecule has 1 amide bonds. The van der Waals surface area contributed by atoms with Crippen molar-refractivity contribution in [1.29, 1.82) is 0 Å². The van der Waals surface area contributed by atoms with Crippen LogP contribution in [0, 0.1) is 6.92 Å². The van der Waals surface area contributed by atoms with Crippen LogP contribution < -0.4 is 10.1 Å². The smallest absolute Gasteiger partial charge is 0.219 e. The predicted molar refractivity (Wildman–Crippen MR) is 120 cm³/mol. The number of hydrogen-bond donors (Lipinski definition) is 1. The molecule has 7 nitrogen and oxygen atoms in total. The van der Waals surface area contributed by atoms with Crippen LogP contribution in [-0.4, -0.2) is 38.1 Å². The largest absolute Gasteiger partial charge is 0.490 e. The third kappa shape index (κ3) is 4.66. The molecule has 0 saturated carbocycles. The second-order valence-corrected chi connectivity index (χ2v) is 8.84. The zero-order valence-corrected chi connectivity index (χ0v) is 19.1. The van der Waals surface area contributed by atoms with Gasteiger partial charge in [-0.3, -0.25) is 14.2 Å². The van der Waals surface area contributed by atoms with Crippen molar-refractivity contribution in [3.05, 3.63) is 30.2 Å². The van der Waals surface area contributed by atoms with E-state index in [1.807, 2.05) is 43.4 Å². The first-order valence-electron chi connectivity index (χ1n) is 10.6. The van der Waals surface area contributed by atoms with Crippen LogP contribution in [0.3, 0.4) is 0 Å². The molecule has 3 rings (SSSR count). The van der Waals surface area contributed by atoms with Crippen LogP contribution in [0.5, 0.6) is 5.75 Å². The molecule has 0 unspecified atom stereocenters. The summed E-state index contributed by atoms with van der Waals surface area (Å²) in [5.74, 6) is 0.872. The molecule has 0 saturated heterocycles. The van der Waals surface area contributed by atoms with Gasteiger partial charge in [-0.1, -0.05) is 6.92 Å². The van der Waals surface area contributed by atoms with E-state index in [-0.39, 0.29) is 17.6 Å². The van der Waals surface area contributed by atoms with E-state index < -0.39 is 0 Å². The normalized spacial score (nSPS) is 12.9. The Morgan fingerprint density at radius 3 is 2.63 bits per heavy atom. The van der Waals surface area contributed by atoms with E-state index in [0.29, 0.717) is 13.0 Å². The molecule has 162 valence electrons. The first kappa shape index (κ1) is 21.9. The molecule has 0 aliphatic carbocycles. The molecular formula is C23H33N5O2. The van der Waals surface area contributed by atoms with Crippen molar-refractivity contribution < 1.29 is 9.53 Å². The van der Waals surface area contributed by atoms with E-state index in [2.05, 4.69) is 54.6 Å². The molecule has 0 radical (unpaired) electrons. The lowest BCUT2D eigenvalue weighted by Gasteiger charge is -2.19. The van der Waals surface area contributed by atoms with Crippen LogP contribution in [0.15, 0.2) is 24.5 Å². The Morgan fingerprint density at radius 1 is 1.27 bits per heavy atom. The lowest BCUT2D eigenvalue weighted by atomic mass is 10.0. The van der Waals surface area contributed by atoms with Crippen LogP contribution in [0.2, 0.25) is 0 Å². The Kier molecular flexibility index (Phi) is 6.19. The molecule has 7 heteroatoms. The molecule has 3 aromatic rings. The molecular weight excluding hydrogens is 378 g/mol. The standard InChI is InChI=1S/C23H33N5O2/c1-8-21(29)24-10-9-15(2)30-20-12-17(11-19-22(20)16(3)27(7)26-19)18-13-25-28(14-18)23(4,5)6/h11-15H,8-10H2,1-7H3,(H,24,29)/t15-/m1/s1. The Labute approximate surface area is 178 Å². The van der Waals surface area contributed by atoms with E-state index in [1.165, 1.54) is 0 Å². The highest BCUT2D eigenvalue weighted by Gasteiger charge is 2.19. The van der Waals surface area contributed by atoms with Crippen LogP contribution in [0.1, 0.15) is 53.2 Å². The van der Waals surface area contributed by atoms with Gasteiger partial charge in [-0.05, 0) is 52.3 Å². The van der Waals surface area contributed by atoms with Crippen molar-refractivity contribution in [1.82, 2.24) is 24.9 Å². The molecule has 2 heterocycles. The average Bonchev–Trinajstić information content (AvgIpc) is 3.27. The average molecular weight is 412 g/mol. The summed E-state index contributed by atoms with van der Waals surface area (Å²) in [5, 5.41) is 13.1. The van der Waals surface area contributed by atoms with Crippen LogP contribution in [0.4, 0.5) is 0 Å². The number of nitrogens with one attached hydrogen (secondary N) is 1. The summed E-state index contributed by atoms with van der Waals surface area (Å²) in [6, 6.07) is 4.16. The van der Waals surface area contributed by atoms with Crippen molar-refractivity contribution in [2.24, 2.45) is 7.05 Å². The zero-order chi connectivity index (χ0) is 22.1. The van der Waals surface area contributed by atoms with Crippen molar-refractivity contribution in [3.8, 4) is 16.9 Å². The van der Waals surface area contributed by atoms with Crippen molar-refractivity contribution in [3.63, 3.8) is 0 Å². The van der Waals surface area contributed by atoms with Gasteiger partial charge in [-0.25, -0.2) is 0 Å². The predicted octanol–water partition coefficient (Wildman–Crippen LogP) is 4.18. The maximum Gasteiger partial charge on any atom is 0.219 e. The van der Waals surface area contributed by atoms with Gasteiger partial charge in [-0.2, -0.15) is 10.2 Å². The number of amides is 1. The van der Waals surface area contributed by atoms with Gasteiger partial charge in [0, 0.05) is 43.9 Å². The van der Waals surface area contributed by atoms with Crippen molar-refractivity contribution in [2.45, 2.75) is 66.0 Å². The maximum absolute atomic E-state index is 11.5. The SMILES string of the molecule is CCC(=O)NCC[C@@H](C)Oc1cc(-c2cnn(C(C)(C)C)c2)cc2nn(C)c(C)c12. The number of benzene rings is 1.